The Kier molecular flexibility index (Phi) is 6.64. The fraction of sp³-hybridized carbons (Fsp3) is 0.455. The Hall–Kier alpha value is -2.30. The average molecular weight is 480 g/mol. The van der Waals surface area contributed by atoms with Gasteiger partial charge < -0.3 is 5.32 Å². The maximum Gasteiger partial charge on any atom is 0.322 e. The number of rotatable bonds is 8. The summed E-state index contributed by atoms with van der Waals surface area (Å²) in [6.07, 6.45) is 2.74. The first-order valence-corrected chi connectivity index (χ1v) is 13.1. The van der Waals surface area contributed by atoms with Crippen LogP contribution in [0.3, 0.4) is 0 Å². The summed E-state index contributed by atoms with van der Waals surface area (Å²) in [7, 11) is -3.78. The smallest absolute Gasteiger partial charge is 0.322 e. The number of nitrogens with zero attached hydrogens (tertiary/aromatic N) is 1. The van der Waals surface area contributed by atoms with E-state index in [4.69, 9.17) is 0 Å². The molecule has 7 nitrogen and oxygen atoms in total. The molecule has 0 spiro atoms. The zero-order valence-electron chi connectivity index (χ0n) is 17.6. The van der Waals surface area contributed by atoms with E-state index < -0.39 is 33.3 Å². The molecule has 0 aliphatic carbocycles. The summed E-state index contributed by atoms with van der Waals surface area (Å²) in [5, 5.41) is 6.27. The fourth-order valence-electron chi connectivity index (χ4n) is 4.42. The lowest BCUT2D eigenvalue weighted by atomic mass is 9.93. The number of thiophene rings is 1. The first kappa shape index (κ1) is 22.9. The highest BCUT2D eigenvalue weighted by molar-refractivity contribution is 7.89. The van der Waals surface area contributed by atoms with Crippen LogP contribution in [0.2, 0.25) is 0 Å². The van der Waals surface area contributed by atoms with Crippen LogP contribution in [0.15, 0.2) is 41.8 Å². The van der Waals surface area contributed by atoms with Gasteiger partial charge in [0.2, 0.25) is 10.0 Å². The number of halogens is 1. The summed E-state index contributed by atoms with van der Waals surface area (Å²) in [6, 6.07) is 10.3. The minimum absolute atomic E-state index is 0.189. The van der Waals surface area contributed by atoms with Gasteiger partial charge in [-0.05, 0) is 49.7 Å². The Morgan fingerprint density at radius 3 is 2.47 bits per heavy atom. The van der Waals surface area contributed by atoms with E-state index in [9.17, 15) is 22.4 Å². The third-order valence-corrected chi connectivity index (χ3v) is 9.14. The van der Waals surface area contributed by atoms with Crippen molar-refractivity contribution in [1.82, 2.24) is 14.9 Å². The van der Waals surface area contributed by atoms with Crippen molar-refractivity contribution in [3.8, 4) is 0 Å². The highest BCUT2D eigenvalue weighted by atomic mass is 32.2. The minimum atomic E-state index is -3.78. The zero-order chi connectivity index (χ0) is 22.8. The van der Waals surface area contributed by atoms with E-state index in [1.54, 1.807) is 0 Å². The standard InChI is InChI=1S/C22H26FN3O4S2/c23-18-13-19(31-14-18)12-17-7-10-26(11-8-17)32(29,30)15-22(20(27)24-21(28)25-22)9-6-16-4-2-1-3-5-16/h1-5,13-14,17H,6-12,15H2,(H2,24,25,27,28)/t22-/m0/s1. The molecule has 2 aromatic rings. The summed E-state index contributed by atoms with van der Waals surface area (Å²) in [6.45, 7) is 0.705. The number of amides is 3. The Balaban J connectivity index is 1.41. The van der Waals surface area contributed by atoms with E-state index in [1.807, 2.05) is 30.3 Å². The number of imide groups is 1. The molecule has 1 atom stereocenters. The molecule has 0 saturated carbocycles. The zero-order valence-corrected chi connectivity index (χ0v) is 19.2. The van der Waals surface area contributed by atoms with Gasteiger partial charge in [-0.2, -0.15) is 0 Å². The van der Waals surface area contributed by atoms with Gasteiger partial charge in [0.25, 0.3) is 5.91 Å². The summed E-state index contributed by atoms with van der Waals surface area (Å²) in [4.78, 5) is 25.5. The number of nitrogens with one attached hydrogen (secondary N) is 2. The number of urea groups is 1. The normalized spacial score (nSPS) is 22.7. The second-order valence-corrected chi connectivity index (χ2v) is 11.5. The predicted octanol–water partition coefficient (Wildman–Crippen LogP) is 2.68. The van der Waals surface area contributed by atoms with Crippen LogP contribution >= 0.6 is 11.3 Å². The van der Waals surface area contributed by atoms with Crippen LogP contribution in [0.4, 0.5) is 9.18 Å². The average Bonchev–Trinajstić information content (AvgIpc) is 3.29. The fourth-order valence-corrected chi connectivity index (χ4v) is 7.18. The van der Waals surface area contributed by atoms with Gasteiger partial charge in [0.1, 0.15) is 11.4 Å². The molecule has 1 aromatic carbocycles. The van der Waals surface area contributed by atoms with Gasteiger partial charge in [-0.1, -0.05) is 30.3 Å². The predicted molar refractivity (Wildman–Crippen MR) is 120 cm³/mol. The number of carbonyl (C=O) groups excluding carboxylic acids is 2. The highest BCUT2D eigenvalue weighted by Crippen LogP contribution is 2.28. The lowest BCUT2D eigenvalue weighted by molar-refractivity contribution is -0.123. The molecule has 2 N–H and O–H groups in total. The number of hydrogen-bond acceptors (Lipinski definition) is 5. The molecule has 3 heterocycles. The number of piperidine rings is 1. The maximum absolute atomic E-state index is 13.2. The number of carbonyl (C=O) groups is 2. The minimum Gasteiger partial charge on any atom is -0.322 e. The van der Waals surface area contributed by atoms with Crippen LogP contribution in [-0.4, -0.2) is 49.0 Å². The van der Waals surface area contributed by atoms with Gasteiger partial charge in [0.05, 0.1) is 5.75 Å². The molecule has 172 valence electrons. The van der Waals surface area contributed by atoms with E-state index in [-0.39, 0.29) is 12.2 Å². The Labute approximate surface area is 191 Å². The van der Waals surface area contributed by atoms with Gasteiger partial charge in [0, 0.05) is 23.3 Å². The van der Waals surface area contributed by atoms with Gasteiger partial charge in [-0.25, -0.2) is 21.9 Å². The first-order valence-electron chi connectivity index (χ1n) is 10.6. The number of hydrogen-bond donors (Lipinski definition) is 2. The Morgan fingerprint density at radius 1 is 1.16 bits per heavy atom. The van der Waals surface area contributed by atoms with Crippen molar-refractivity contribution in [2.75, 3.05) is 18.8 Å². The van der Waals surface area contributed by atoms with Crippen molar-refractivity contribution in [2.24, 2.45) is 5.92 Å². The topological polar surface area (TPSA) is 95.6 Å². The molecule has 0 radical (unpaired) electrons. The number of benzene rings is 1. The number of sulfonamides is 1. The molecule has 0 unspecified atom stereocenters. The SMILES string of the molecule is O=C1NC(=O)[C@](CCc2ccccc2)(CS(=O)(=O)N2CCC(Cc3cc(F)cs3)CC2)N1. The second kappa shape index (κ2) is 9.29. The second-order valence-electron chi connectivity index (χ2n) is 8.51. The molecular weight excluding hydrogens is 453 g/mol. The first-order chi connectivity index (χ1) is 15.3. The van der Waals surface area contributed by atoms with Crippen molar-refractivity contribution < 1.29 is 22.4 Å². The van der Waals surface area contributed by atoms with E-state index in [1.165, 1.54) is 27.1 Å². The largest absolute Gasteiger partial charge is 0.322 e. The molecule has 2 fully saturated rings. The maximum atomic E-state index is 13.2. The van der Waals surface area contributed by atoms with Crippen molar-refractivity contribution >= 4 is 33.3 Å². The van der Waals surface area contributed by atoms with Gasteiger partial charge in [0.15, 0.2) is 0 Å². The van der Waals surface area contributed by atoms with Gasteiger partial charge in [-0.3, -0.25) is 10.1 Å². The molecule has 1 aromatic heterocycles. The highest BCUT2D eigenvalue weighted by Gasteiger charge is 2.50. The van der Waals surface area contributed by atoms with Crippen LogP contribution in [0.5, 0.6) is 0 Å². The summed E-state index contributed by atoms with van der Waals surface area (Å²) >= 11 is 1.38. The third-order valence-electron chi connectivity index (χ3n) is 6.21. The quantitative estimate of drug-likeness (QED) is 0.569. The van der Waals surface area contributed by atoms with Crippen LogP contribution in [0.25, 0.3) is 0 Å². The monoisotopic (exact) mass is 479 g/mol. The molecule has 3 amide bonds. The molecule has 2 aliphatic rings. The van der Waals surface area contributed by atoms with Crippen LogP contribution < -0.4 is 10.6 Å². The lowest BCUT2D eigenvalue weighted by Gasteiger charge is -2.34. The summed E-state index contributed by atoms with van der Waals surface area (Å²) in [5.74, 6) is -1.01. The van der Waals surface area contributed by atoms with E-state index in [0.29, 0.717) is 38.3 Å². The van der Waals surface area contributed by atoms with Crippen LogP contribution in [-0.2, 0) is 27.7 Å². The molecule has 0 bridgehead atoms. The van der Waals surface area contributed by atoms with Crippen molar-refractivity contribution in [3.05, 3.63) is 58.0 Å². The Bertz CT molecular complexity index is 1080. The summed E-state index contributed by atoms with van der Waals surface area (Å²) < 4.78 is 41.1. The van der Waals surface area contributed by atoms with Crippen molar-refractivity contribution in [2.45, 2.75) is 37.6 Å². The van der Waals surface area contributed by atoms with Gasteiger partial charge in [-0.15, -0.1) is 11.3 Å². The molecular formula is C22H26FN3O4S2. The molecule has 2 saturated heterocycles. The molecule has 10 heteroatoms. The molecule has 32 heavy (non-hydrogen) atoms. The van der Waals surface area contributed by atoms with Crippen LogP contribution in [0.1, 0.15) is 29.7 Å². The van der Waals surface area contributed by atoms with E-state index in [2.05, 4.69) is 10.6 Å². The Morgan fingerprint density at radius 2 is 1.88 bits per heavy atom. The molecule has 4 rings (SSSR count). The van der Waals surface area contributed by atoms with E-state index >= 15 is 0 Å². The van der Waals surface area contributed by atoms with Crippen LogP contribution in [0, 0.1) is 11.7 Å². The van der Waals surface area contributed by atoms with E-state index in [0.717, 1.165) is 16.9 Å². The van der Waals surface area contributed by atoms with Gasteiger partial charge >= 0.3 is 6.03 Å². The lowest BCUT2D eigenvalue weighted by Crippen LogP contribution is -2.55. The molecule has 2 aliphatic heterocycles. The van der Waals surface area contributed by atoms with Crippen molar-refractivity contribution in [1.29, 1.82) is 0 Å². The number of aryl methyl sites for hydroxylation is 1. The van der Waals surface area contributed by atoms with Crippen molar-refractivity contribution in [3.63, 3.8) is 0 Å². The summed E-state index contributed by atoms with van der Waals surface area (Å²) in [5.41, 5.74) is -0.527. The third kappa shape index (κ3) is 5.19.